The van der Waals surface area contributed by atoms with Crippen LogP contribution in [0.1, 0.15) is 6.92 Å². The van der Waals surface area contributed by atoms with Gasteiger partial charge in [-0.05, 0) is 25.1 Å². The topological polar surface area (TPSA) is 72.5 Å². The molecule has 0 aromatic heterocycles. The number of rotatable bonds is 4. The Bertz CT molecular complexity index is 561. The predicted molar refractivity (Wildman–Crippen MR) is 71.0 cm³/mol. The molecule has 0 spiro atoms. The Balaban J connectivity index is 3.04. The minimum Gasteiger partial charge on any atom is -0.468 e. The Labute approximate surface area is 119 Å². The molecule has 1 aromatic rings. The van der Waals surface area contributed by atoms with E-state index >= 15 is 0 Å². The van der Waals surface area contributed by atoms with E-state index < -0.39 is 22.0 Å². The summed E-state index contributed by atoms with van der Waals surface area (Å²) >= 11 is 9.02. The van der Waals surface area contributed by atoms with Crippen molar-refractivity contribution in [1.29, 1.82) is 0 Å². The first-order valence-corrected chi connectivity index (χ1v) is 7.48. The molecule has 100 valence electrons. The van der Waals surface area contributed by atoms with Gasteiger partial charge >= 0.3 is 5.97 Å². The molecule has 0 saturated carbocycles. The number of esters is 1. The molecular weight excluding hydrogens is 346 g/mol. The highest BCUT2D eigenvalue weighted by atomic mass is 79.9. The lowest BCUT2D eigenvalue weighted by atomic mass is 10.4. The van der Waals surface area contributed by atoms with Gasteiger partial charge in [0.2, 0.25) is 10.0 Å². The maximum absolute atomic E-state index is 12.0. The molecular formula is C10H11BrClNO4S. The number of halogens is 2. The van der Waals surface area contributed by atoms with Crippen LogP contribution in [0.4, 0.5) is 0 Å². The molecule has 18 heavy (non-hydrogen) atoms. The van der Waals surface area contributed by atoms with E-state index in [1.165, 1.54) is 26.2 Å². The first kappa shape index (κ1) is 15.4. The lowest BCUT2D eigenvalue weighted by Crippen LogP contribution is -2.39. The van der Waals surface area contributed by atoms with E-state index in [-0.39, 0.29) is 9.92 Å². The molecule has 0 fully saturated rings. The third-order valence-electron chi connectivity index (χ3n) is 2.07. The Morgan fingerprint density at radius 1 is 1.50 bits per heavy atom. The Hall–Kier alpha value is -0.630. The van der Waals surface area contributed by atoms with Crippen LogP contribution in [0.3, 0.4) is 0 Å². The third kappa shape index (κ3) is 3.68. The average molecular weight is 357 g/mol. The lowest BCUT2D eigenvalue weighted by Gasteiger charge is -2.13. The number of carbonyl (C=O) groups is 1. The van der Waals surface area contributed by atoms with Gasteiger partial charge in [-0.3, -0.25) is 4.79 Å². The van der Waals surface area contributed by atoms with Crippen LogP contribution in [0.5, 0.6) is 0 Å². The molecule has 0 aliphatic rings. The minimum absolute atomic E-state index is 0.0638. The van der Waals surface area contributed by atoms with Crippen molar-refractivity contribution in [3.8, 4) is 0 Å². The van der Waals surface area contributed by atoms with Crippen molar-refractivity contribution in [2.24, 2.45) is 0 Å². The predicted octanol–water partition coefficient (Wildman–Crippen LogP) is 1.94. The second-order valence-corrected chi connectivity index (χ2v) is 6.45. The molecule has 0 aliphatic heterocycles. The number of hydrogen-bond donors (Lipinski definition) is 1. The van der Waals surface area contributed by atoms with E-state index in [0.29, 0.717) is 4.47 Å². The maximum Gasteiger partial charge on any atom is 0.323 e. The summed E-state index contributed by atoms with van der Waals surface area (Å²) in [5.41, 5.74) is 0. The van der Waals surface area contributed by atoms with E-state index in [2.05, 4.69) is 25.4 Å². The normalized spacial score (nSPS) is 13.1. The van der Waals surface area contributed by atoms with Crippen molar-refractivity contribution in [2.75, 3.05) is 7.11 Å². The second kappa shape index (κ2) is 6.01. The molecule has 1 rings (SSSR count). The fourth-order valence-electron chi connectivity index (χ4n) is 1.21. The summed E-state index contributed by atoms with van der Waals surface area (Å²) in [5.74, 6) is -0.674. The van der Waals surface area contributed by atoms with Gasteiger partial charge in [-0.1, -0.05) is 27.5 Å². The Kier molecular flexibility index (Phi) is 5.15. The van der Waals surface area contributed by atoms with E-state index in [1.807, 2.05) is 0 Å². The van der Waals surface area contributed by atoms with E-state index in [1.54, 1.807) is 6.07 Å². The van der Waals surface area contributed by atoms with Crippen LogP contribution in [0, 0.1) is 0 Å². The van der Waals surface area contributed by atoms with Gasteiger partial charge in [-0.15, -0.1) is 0 Å². The summed E-state index contributed by atoms with van der Waals surface area (Å²) in [6, 6.07) is 3.36. The van der Waals surface area contributed by atoms with Crippen LogP contribution in [-0.4, -0.2) is 27.5 Å². The summed E-state index contributed by atoms with van der Waals surface area (Å²) in [6.45, 7) is 1.39. The molecule has 0 radical (unpaired) electrons. The average Bonchev–Trinajstić information content (AvgIpc) is 2.26. The van der Waals surface area contributed by atoms with Crippen molar-refractivity contribution in [1.82, 2.24) is 4.72 Å². The monoisotopic (exact) mass is 355 g/mol. The van der Waals surface area contributed by atoms with Crippen LogP contribution in [-0.2, 0) is 19.6 Å². The van der Waals surface area contributed by atoms with Crippen molar-refractivity contribution >= 4 is 43.5 Å². The largest absolute Gasteiger partial charge is 0.468 e. The zero-order valence-electron chi connectivity index (χ0n) is 9.61. The summed E-state index contributed by atoms with van der Waals surface area (Å²) in [5, 5.41) is 0.0638. The standard InChI is InChI=1S/C10H11BrClNO4S/c1-6(10(14)17-2)13-18(15,16)9-4-3-7(11)5-8(9)12/h3-6,13H,1-2H3/t6-/m1/s1. The van der Waals surface area contributed by atoms with Crippen LogP contribution in [0.25, 0.3) is 0 Å². The molecule has 0 saturated heterocycles. The third-order valence-corrected chi connectivity index (χ3v) is 4.59. The van der Waals surface area contributed by atoms with Gasteiger partial charge in [0.15, 0.2) is 0 Å². The highest BCUT2D eigenvalue weighted by Gasteiger charge is 2.24. The number of sulfonamides is 1. The van der Waals surface area contributed by atoms with Gasteiger partial charge < -0.3 is 4.74 Å². The Morgan fingerprint density at radius 3 is 2.61 bits per heavy atom. The van der Waals surface area contributed by atoms with Crippen LogP contribution in [0.15, 0.2) is 27.6 Å². The number of benzene rings is 1. The number of nitrogens with one attached hydrogen (secondary N) is 1. The number of hydrogen-bond acceptors (Lipinski definition) is 4. The maximum atomic E-state index is 12.0. The Morgan fingerprint density at radius 2 is 2.11 bits per heavy atom. The molecule has 0 aliphatic carbocycles. The summed E-state index contributed by atoms with van der Waals surface area (Å²) in [6.07, 6.45) is 0. The van der Waals surface area contributed by atoms with Crippen LogP contribution in [0.2, 0.25) is 5.02 Å². The van der Waals surface area contributed by atoms with Gasteiger partial charge in [-0.2, -0.15) is 4.72 Å². The highest BCUT2D eigenvalue weighted by molar-refractivity contribution is 9.10. The molecule has 0 heterocycles. The fourth-order valence-corrected chi connectivity index (χ4v) is 3.44. The molecule has 1 N–H and O–H groups in total. The zero-order chi connectivity index (χ0) is 13.9. The lowest BCUT2D eigenvalue weighted by molar-refractivity contribution is -0.142. The number of carbonyl (C=O) groups excluding carboxylic acids is 1. The summed E-state index contributed by atoms with van der Waals surface area (Å²) in [7, 11) is -2.69. The van der Waals surface area contributed by atoms with Gasteiger partial charge in [0.1, 0.15) is 10.9 Å². The first-order valence-electron chi connectivity index (χ1n) is 4.83. The molecule has 1 atom stereocenters. The smallest absolute Gasteiger partial charge is 0.323 e. The van der Waals surface area contributed by atoms with Gasteiger partial charge in [0, 0.05) is 4.47 Å². The molecule has 1 aromatic carbocycles. The molecule has 0 bridgehead atoms. The fraction of sp³-hybridized carbons (Fsp3) is 0.300. The van der Waals surface area contributed by atoms with Gasteiger partial charge in [-0.25, -0.2) is 8.42 Å². The molecule has 0 amide bonds. The van der Waals surface area contributed by atoms with Crippen molar-refractivity contribution < 1.29 is 17.9 Å². The zero-order valence-corrected chi connectivity index (χ0v) is 12.8. The quantitative estimate of drug-likeness (QED) is 0.837. The summed E-state index contributed by atoms with van der Waals surface area (Å²) < 4.78 is 31.2. The van der Waals surface area contributed by atoms with Crippen molar-refractivity contribution in [3.63, 3.8) is 0 Å². The second-order valence-electron chi connectivity index (χ2n) is 3.44. The van der Waals surface area contributed by atoms with E-state index in [9.17, 15) is 13.2 Å². The number of ether oxygens (including phenoxy) is 1. The van der Waals surface area contributed by atoms with Crippen molar-refractivity contribution in [2.45, 2.75) is 17.9 Å². The molecule has 8 heteroatoms. The van der Waals surface area contributed by atoms with Crippen molar-refractivity contribution in [3.05, 3.63) is 27.7 Å². The SMILES string of the molecule is COC(=O)[C@@H](C)NS(=O)(=O)c1ccc(Br)cc1Cl. The molecule has 0 unspecified atom stereocenters. The molecule has 5 nitrogen and oxygen atoms in total. The minimum atomic E-state index is -3.87. The van der Waals surface area contributed by atoms with Crippen LogP contribution >= 0.6 is 27.5 Å². The highest BCUT2D eigenvalue weighted by Crippen LogP contribution is 2.25. The first-order chi connectivity index (χ1) is 8.27. The van der Waals surface area contributed by atoms with Gasteiger partial charge in [0.05, 0.1) is 12.1 Å². The number of methoxy groups -OCH3 is 1. The summed E-state index contributed by atoms with van der Waals surface area (Å²) in [4.78, 5) is 11.1. The van der Waals surface area contributed by atoms with E-state index in [4.69, 9.17) is 11.6 Å². The van der Waals surface area contributed by atoms with Crippen LogP contribution < -0.4 is 4.72 Å². The van der Waals surface area contributed by atoms with Gasteiger partial charge in [0.25, 0.3) is 0 Å². The van der Waals surface area contributed by atoms with E-state index in [0.717, 1.165) is 0 Å².